The van der Waals surface area contributed by atoms with E-state index in [0.717, 1.165) is 0 Å². The molecule has 1 atom stereocenters. The van der Waals surface area contributed by atoms with E-state index in [2.05, 4.69) is 9.46 Å². The number of carbonyl (C=O) groups excluding carboxylic acids is 1. The van der Waals surface area contributed by atoms with E-state index in [-0.39, 0.29) is 16.9 Å². The Hall–Kier alpha value is -1.93. The summed E-state index contributed by atoms with van der Waals surface area (Å²) in [6.45, 7) is 1.68. The van der Waals surface area contributed by atoms with Crippen molar-refractivity contribution in [3.8, 4) is 0 Å². The number of hydrogen-bond acceptors (Lipinski definition) is 5. The van der Waals surface area contributed by atoms with Gasteiger partial charge < -0.3 is 9.84 Å². The molecule has 1 aromatic rings. The Bertz CT molecular complexity index is 625. The Kier molecular flexibility index (Phi) is 5.86. The molecule has 0 radical (unpaired) electrons. The quantitative estimate of drug-likeness (QED) is 0.727. The topological polar surface area (TPSA) is 110 Å². The van der Waals surface area contributed by atoms with Crippen LogP contribution in [0.15, 0.2) is 29.2 Å². The number of rotatable bonds is 7. The Morgan fingerprint density at radius 2 is 2.05 bits per heavy atom. The summed E-state index contributed by atoms with van der Waals surface area (Å²) in [6, 6.07) is 4.64. The van der Waals surface area contributed by atoms with E-state index in [4.69, 9.17) is 5.11 Å². The number of aliphatic carboxylic acids is 1. The molecule has 0 saturated carbocycles. The monoisotopic (exact) mass is 315 g/mol. The molecule has 0 aliphatic rings. The van der Waals surface area contributed by atoms with Gasteiger partial charge in [-0.1, -0.05) is 13.0 Å². The number of benzene rings is 1. The van der Waals surface area contributed by atoms with Gasteiger partial charge in [-0.25, -0.2) is 17.9 Å². The number of carbonyl (C=O) groups is 2. The van der Waals surface area contributed by atoms with Crippen molar-refractivity contribution >= 4 is 22.0 Å². The van der Waals surface area contributed by atoms with Crippen LogP contribution >= 0.6 is 0 Å². The van der Waals surface area contributed by atoms with Crippen molar-refractivity contribution in [3.05, 3.63) is 29.8 Å². The third kappa shape index (κ3) is 4.83. The molecule has 1 rings (SSSR count). The summed E-state index contributed by atoms with van der Waals surface area (Å²) >= 11 is 0. The highest BCUT2D eigenvalue weighted by atomic mass is 32.2. The second kappa shape index (κ2) is 7.19. The van der Waals surface area contributed by atoms with Gasteiger partial charge in [-0.05, 0) is 24.6 Å². The molecule has 0 saturated heterocycles. The molecule has 7 nitrogen and oxygen atoms in total. The van der Waals surface area contributed by atoms with Crippen LogP contribution in [-0.2, 0) is 19.6 Å². The summed E-state index contributed by atoms with van der Waals surface area (Å²) in [7, 11) is -2.71. The Morgan fingerprint density at radius 1 is 1.38 bits per heavy atom. The number of hydrogen-bond donors (Lipinski definition) is 2. The SMILES string of the molecule is CCC(CC(=O)O)NS(=O)(=O)c1cccc(C(=O)OC)c1. The molecule has 0 amide bonds. The zero-order valence-corrected chi connectivity index (χ0v) is 12.5. The first-order valence-electron chi connectivity index (χ1n) is 6.22. The van der Waals surface area contributed by atoms with E-state index >= 15 is 0 Å². The number of carboxylic acid groups (broad SMARTS) is 1. The van der Waals surface area contributed by atoms with Crippen molar-refractivity contribution in [2.75, 3.05) is 7.11 Å². The molecule has 8 heteroatoms. The lowest BCUT2D eigenvalue weighted by Gasteiger charge is -2.15. The van der Waals surface area contributed by atoms with Crippen molar-refractivity contribution in [3.63, 3.8) is 0 Å². The first-order chi connectivity index (χ1) is 9.80. The average molecular weight is 315 g/mol. The summed E-state index contributed by atoms with van der Waals surface area (Å²) in [5.74, 6) is -1.74. The number of ether oxygens (including phenoxy) is 1. The third-order valence-electron chi connectivity index (χ3n) is 2.80. The predicted molar refractivity (Wildman–Crippen MR) is 74.4 cm³/mol. The van der Waals surface area contributed by atoms with Crippen molar-refractivity contribution in [1.29, 1.82) is 0 Å². The summed E-state index contributed by atoms with van der Waals surface area (Å²) in [4.78, 5) is 22.0. The van der Waals surface area contributed by atoms with Gasteiger partial charge in [-0.3, -0.25) is 4.79 Å². The molecule has 2 N–H and O–H groups in total. The van der Waals surface area contributed by atoms with Crippen molar-refractivity contribution in [1.82, 2.24) is 4.72 Å². The Labute approximate surface area is 123 Å². The van der Waals surface area contributed by atoms with E-state index in [1.165, 1.54) is 31.4 Å². The standard InChI is InChI=1S/C13H17NO6S/c1-3-10(8-12(15)16)14-21(18,19)11-6-4-5-9(7-11)13(17)20-2/h4-7,10,14H,3,8H2,1-2H3,(H,15,16). The highest BCUT2D eigenvalue weighted by Crippen LogP contribution is 2.14. The van der Waals surface area contributed by atoms with Crippen LogP contribution in [0.2, 0.25) is 0 Å². The smallest absolute Gasteiger partial charge is 0.337 e. The van der Waals surface area contributed by atoms with Crippen LogP contribution in [0.5, 0.6) is 0 Å². The molecule has 0 aliphatic heterocycles. The van der Waals surface area contributed by atoms with E-state index < -0.39 is 28.0 Å². The zero-order valence-electron chi connectivity index (χ0n) is 11.7. The molecule has 0 aromatic heterocycles. The van der Waals surface area contributed by atoms with Gasteiger partial charge in [0, 0.05) is 6.04 Å². The van der Waals surface area contributed by atoms with E-state index in [9.17, 15) is 18.0 Å². The third-order valence-corrected chi connectivity index (χ3v) is 4.32. The van der Waals surface area contributed by atoms with Gasteiger partial charge in [0.05, 0.1) is 24.0 Å². The summed E-state index contributed by atoms with van der Waals surface area (Å²) in [5.41, 5.74) is 0.103. The van der Waals surface area contributed by atoms with Gasteiger partial charge in [-0.15, -0.1) is 0 Å². The van der Waals surface area contributed by atoms with E-state index in [1.54, 1.807) is 6.92 Å². The normalized spacial score (nSPS) is 12.7. The highest BCUT2D eigenvalue weighted by Gasteiger charge is 2.22. The molecule has 21 heavy (non-hydrogen) atoms. The number of carboxylic acids is 1. The second-order valence-corrected chi connectivity index (χ2v) is 6.06. The fraction of sp³-hybridized carbons (Fsp3) is 0.385. The van der Waals surface area contributed by atoms with Crippen LogP contribution in [0, 0.1) is 0 Å². The van der Waals surface area contributed by atoms with E-state index in [1.807, 2.05) is 0 Å². The maximum absolute atomic E-state index is 12.2. The Morgan fingerprint density at radius 3 is 2.57 bits per heavy atom. The molecule has 1 aromatic carbocycles. The van der Waals surface area contributed by atoms with Gasteiger partial charge >= 0.3 is 11.9 Å². The molecule has 1 unspecified atom stereocenters. The maximum Gasteiger partial charge on any atom is 0.337 e. The first-order valence-corrected chi connectivity index (χ1v) is 7.71. The van der Waals surface area contributed by atoms with Crippen LogP contribution in [0.4, 0.5) is 0 Å². The lowest BCUT2D eigenvalue weighted by atomic mass is 10.2. The summed E-state index contributed by atoms with van der Waals surface area (Å²) in [5, 5.41) is 8.74. The summed E-state index contributed by atoms with van der Waals surface area (Å²) in [6.07, 6.45) is 0.0225. The fourth-order valence-corrected chi connectivity index (χ4v) is 3.04. The summed E-state index contributed by atoms with van der Waals surface area (Å²) < 4.78 is 31.2. The van der Waals surface area contributed by atoms with Crippen LogP contribution in [-0.4, -0.2) is 38.6 Å². The molecule has 0 aliphatic carbocycles. The minimum Gasteiger partial charge on any atom is -0.481 e. The second-order valence-electron chi connectivity index (χ2n) is 4.34. The largest absolute Gasteiger partial charge is 0.481 e. The first kappa shape index (κ1) is 17.1. The zero-order chi connectivity index (χ0) is 16.0. The van der Waals surface area contributed by atoms with Gasteiger partial charge in [-0.2, -0.15) is 0 Å². The average Bonchev–Trinajstić information content (AvgIpc) is 2.45. The minimum absolute atomic E-state index is 0.103. The molecule has 0 spiro atoms. The Balaban J connectivity index is 3.02. The van der Waals surface area contributed by atoms with Gasteiger partial charge in [0.15, 0.2) is 0 Å². The molecule has 116 valence electrons. The minimum atomic E-state index is -3.90. The molecule has 0 bridgehead atoms. The highest BCUT2D eigenvalue weighted by molar-refractivity contribution is 7.89. The molecular formula is C13H17NO6S. The maximum atomic E-state index is 12.2. The van der Waals surface area contributed by atoms with Crippen molar-refractivity contribution in [2.45, 2.75) is 30.7 Å². The molecular weight excluding hydrogens is 298 g/mol. The number of esters is 1. The number of nitrogens with one attached hydrogen (secondary N) is 1. The predicted octanol–water partition coefficient (Wildman–Crippen LogP) is 1.00. The van der Waals surface area contributed by atoms with Gasteiger partial charge in [0.2, 0.25) is 10.0 Å². The van der Waals surface area contributed by atoms with Crippen LogP contribution in [0.25, 0.3) is 0 Å². The number of sulfonamides is 1. The molecule has 0 fully saturated rings. The lowest BCUT2D eigenvalue weighted by Crippen LogP contribution is -2.36. The van der Waals surface area contributed by atoms with E-state index in [0.29, 0.717) is 6.42 Å². The van der Waals surface area contributed by atoms with Crippen LogP contribution in [0.3, 0.4) is 0 Å². The van der Waals surface area contributed by atoms with Crippen molar-refractivity contribution in [2.24, 2.45) is 0 Å². The van der Waals surface area contributed by atoms with Gasteiger partial charge in [0.25, 0.3) is 0 Å². The van der Waals surface area contributed by atoms with Crippen LogP contribution in [0.1, 0.15) is 30.1 Å². The molecule has 0 heterocycles. The number of methoxy groups -OCH3 is 1. The van der Waals surface area contributed by atoms with Crippen molar-refractivity contribution < 1.29 is 27.9 Å². The van der Waals surface area contributed by atoms with Crippen LogP contribution < -0.4 is 4.72 Å². The van der Waals surface area contributed by atoms with Gasteiger partial charge in [0.1, 0.15) is 0 Å². The lowest BCUT2D eigenvalue weighted by molar-refractivity contribution is -0.137. The fourth-order valence-electron chi connectivity index (χ4n) is 1.68.